The number of carbonyl (C=O) groups is 3. The topological polar surface area (TPSA) is 106 Å². The zero-order chi connectivity index (χ0) is 17.4. The third-order valence-corrected chi connectivity index (χ3v) is 3.90. The zero-order valence-electron chi connectivity index (χ0n) is 13.2. The quantitative estimate of drug-likeness (QED) is 0.586. The zero-order valence-corrected chi connectivity index (χ0v) is 13.2. The maximum absolute atomic E-state index is 11.7. The van der Waals surface area contributed by atoms with Gasteiger partial charge in [-0.25, -0.2) is 4.79 Å². The SMILES string of the molecule is Cc1cc(/C=C2/NC(=O)NC2=O)c(C)n1-c1ccc(C(N)=O)cc1. The van der Waals surface area contributed by atoms with Crippen LogP contribution in [0.5, 0.6) is 0 Å². The Balaban J connectivity index is 2.01. The minimum atomic E-state index is -0.526. The standard InChI is InChI=1S/C17H16N4O3/c1-9-7-12(8-14-16(23)20-17(24)19-14)10(2)21(9)13-5-3-11(4-6-13)15(18)22/h3-8H,1-2H3,(H2,18,22)(H2,19,20,23,24)/b14-8+. The largest absolute Gasteiger partial charge is 0.366 e. The maximum atomic E-state index is 11.7. The number of hydrogen-bond acceptors (Lipinski definition) is 3. The summed E-state index contributed by atoms with van der Waals surface area (Å²) in [4.78, 5) is 34.0. The van der Waals surface area contributed by atoms with Gasteiger partial charge >= 0.3 is 6.03 Å². The lowest BCUT2D eigenvalue weighted by atomic mass is 10.2. The van der Waals surface area contributed by atoms with E-state index in [-0.39, 0.29) is 5.70 Å². The number of amides is 4. The summed E-state index contributed by atoms with van der Waals surface area (Å²) in [5, 5.41) is 4.64. The molecule has 2 heterocycles. The van der Waals surface area contributed by atoms with Crippen molar-refractivity contribution in [2.24, 2.45) is 5.73 Å². The van der Waals surface area contributed by atoms with E-state index in [1.807, 2.05) is 24.5 Å². The lowest BCUT2D eigenvalue weighted by Gasteiger charge is -2.10. The highest BCUT2D eigenvalue weighted by atomic mass is 16.2. The fraction of sp³-hybridized carbons (Fsp3) is 0.118. The fourth-order valence-corrected chi connectivity index (χ4v) is 2.74. The number of carbonyl (C=O) groups excluding carboxylic acids is 3. The van der Waals surface area contributed by atoms with E-state index < -0.39 is 17.8 Å². The number of nitrogens with one attached hydrogen (secondary N) is 2. The van der Waals surface area contributed by atoms with Crippen LogP contribution in [0.15, 0.2) is 36.0 Å². The molecule has 1 aromatic carbocycles. The first-order valence-corrected chi connectivity index (χ1v) is 7.30. The molecule has 0 saturated carbocycles. The van der Waals surface area contributed by atoms with E-state index in [1.54, 1.807) is 30.3 Å². The smallest absolute Gasteiger partial charge is 0.326 e. The summed E-state index contributed by atoms with van der Waals surface area (Å²) in [6.07, 6.45) is 1.64. The Morgan fingerprint density at radius 1 is 1.12 bits per heavy atom. The van der Waals surface area contributed by atoms with E-state index in [0.29, 0.717) is 5.56 Å². The number of benzene rings is 1. The van der Waals surface area contributed by atoms with Crippen LogP contribution in [0.2, 0.25) is 0 Å². The van der Waals surface area contributed by atoms with E-state index in [4.69, 9.17) is 5.73 Å². The lowest BCUT2D eigenvalue weighted by Crippen LogP contribution is -2.22. The van der Waals surface area contributed by atoms with Crippen LogP contribution in [0.1, 0.15) is 27.3 Å². The van der Waals surface area contributed by atoms with Crippen molar-refractivity contribution in [3.63, 3.8) is 0 Å². The molecule has 0 spiro atoms. The van der Waals surface area contributed by atoms with Crippen LogP contribution in [-0.2, 0) is 4.79 Å². The molecular formula is C17H16N4O3. The molecule has 3 rings (SSSR count). The second kappa shape index (κ2) is 5.69. The van der Waals surface area contributed by atoms with Gasteiger partial charge in [0, 0.05) is 22.6 Å². The van der Waals surface area contributed by atoms with Gasteiger partial charge in [0.05, 0.1) is 0 Å². The second-order valence-corrected chi connectivity index (χ2v) is 5.54. The Bertz CT molecular complexity index is 891. The minimum Gasteiger partial charge on any atom is -0.366 e. The first-order valence-electron chi connectivity index (χ1n) is 7.30. The lowest BCUT2D eigenvalue weighted by molar-refractivity contribution is -0.115. The predicted octanol–water partition coefficient (Wildman–Crippen LogP) is 1.37. The maximum Gasteiger partial charge on any atom is 0.326 e. The van der Waals surface area contributed by atoms with Crippen molar-refractivity contribution in [2.45, 2.75) is 13.8 Å². The predicted molar refractivity (Wildman–Crippen MR) is 88.4 cm³/mol. The highest BCUT2D eigenvalue weighted by Crippen LogP contribution is 2.23. The molecule has 1 saturated heterocycles. The number of nitrogens with zero attached hydrogens (tertiary/aromatic N) is 1. The molecule has 7 nitrogen and oxygen atoms in total. The Labute approximate surface area is 138 Å². The molecule has 0 bridgehead atoms. The molecule has 1 fully saturated rings. The molecule has 1 aliphatic heterocycles. The van der Waals surface area contributed by atoms with Crippen LogP contribution in [0.4, 0.5) is 4.79 Å². The van der Waals surface area contributed by atoms with Gasteiger partial charge in [0.1, 0.15) is 5.70 Å². The number of urea groups is 1. The molecule has 4 amide bonds. The van der Waals surface area contributed by atoms with Crippen molar-refractivity contribution in [1.82, 2.24) is 15.2 Å². The van der Waals surface area contributed by atoms with Crippen LogP contribution in [0.3, 0.4) is 0 Å². The summed E-state index contributed by atoms with van der Waals surface area (Å²) < 4.78 is 1.99. The average Bonchev–Trinajstić information content (AvgIpc) is 2.98. The summed E-state index contributed by atoms with van der Waals surface area (Å²) in [6.45, 7) is 3.85. The average molecular weight is 324 g/mol. The van der Waals surface area contributed by atoms with Crippen molar-refractivity contribution < 1.29 is 14.4 Å². The van der Waals surface area contributed by atoms with Gasteiger partial charge in [-0.15, -0.1) is 0 Å². The van der Waals surface area contributed by atoms with Crippen LogP contribution in [0.25, 0.3) is 11.8 Å². The fourth-order valence-electron chi connectivity index (χ4n) is 2.74. The third kappa shape index (κ3) is 2.67. The van der Waals surface area contributed by atoms with E-state index in [1.165, 1.54) is 0 Å². The molecule has 0 atom stereocenters. The highest BCUT2D eigenvalue weighted by Gasteiger charge is 2.23. The van der Waals surface area contributed by atoms with Crippen molar-refractivity contribution in [2.75, 3.05) is 0 Å². The van der Waals surface area contributed by atoms with E-state index in [9.17, 15) is 14.4 Å². The number of imide groups is 1. The van der Waals surface area contributed by atoms with Crippen LogP contribution in [0, 0.1) is 13.8 Å². The van der Waals surface area contributed by atoms with Crippen molar-refractivity contribution in [3.05, 3.63) is 58.5 Å². The van der Waals surface area contributed by atoms with Gasteiger partial charge in [0.15, 0.2) is 0 Å². The Hall–Kier alpha value is -3.35. The molecule has 0 radical (unpaired) electrons. The second-order valence-electron chi connectivity index (χ2n) is 5.54. The number of rotatable bonds is 3. The Morgan fingerprint density at radius 3 is 2.33 bits per heavy atom. The van der Waals surface area contributed by atoms with Crippen LogP contribution >= 0.6 is 0 Å². The van der Waals surface area contributed by atoms with E-state index >= 15 is 0 Å². The number of aryl methyl sites for hydroxylation is 1. The molecule has 4 N–H and O–H groups in total. The van der Waals surface area contributed by atoms with Crippen molar-refractivity contribution in [1.29, 1.82) is 0 Å². The van der Waals surface area contributed by atoms with Crippen molar-refractivity contribution in [3.8, 4) is 5.69 Å². The van der Waals surface area contributed by atoms with Gasteiger partial charge in [0.25, 0.3) is 5.91 Å². The molecule has 2 aromatic rings. The van der Waals surface area contributed by atoms with Gasteiger partial charge in [-0.2, -0.15) is 0 Å². The number of hydrogen-bond donors (Lipinski definition) is 3. The molecule has 0 aliphatic carbocycles. The normalized spacial score (nSPS) is 15.5. The number of primary amides is 1. The minimum absolute atomic E-state index is 0.212. The number of aromatic nitrogens is 1. The van der Waals surface area contributed by atoms with Gasteiger partial charge in [0.2, 0.25) is 5.91 Å². The first kappa shape index (κ1) is 15.5. The van der Waals surface area contributed by atoms with Gasteiger partial charge < -0.3 is 15.6 Å². The van der Waals surface area contributed by atoms with Gasteiger partial charge in [-0.3, -0.25) is 14.9 Å². The molecule has 7 heteroatoms. The van der Waals surface area contributed by atoms with Crippen LogP contribution < -0.4 is 16.4 Å². The molecule has 122 valence electrons. The van der Waals surface area contributed by atoms with Crippen LogP contribution in [-0.4, -0.2) is 22.4 Å². The van der Waals surface area contributed by atoms with Crippen molar-refractivity contribution >= 4 is 23.9 Å². The molecule has 1 aromatic heterocycles. The van der Waals surface area contributed by atoms with Gasteiger partial charge in [-0.1, -0.05) is 0 Å². The molecular weight excluding hydrogens is 308 g/mol. The van der Waals surface area contributed by atoms with Gasteiger partial charge in [-0.05, 0) is 55.8 Å². The summed E-state index contributed by atoms with van der Waals surface area (Å²) >= 11 is 0. The third-order valence-electron chi connectivity index (χ3n) is 3.90. The van der Waals surface area contributed by atoms with E-state index in [2.05, 4.69) is 10.6 Å². The molecule has 1 aliphatic rings. The monoisotopic (exact) mass is 324 g/mol. The summed E-state index contributed by atoms with van der Waals surface area (Å²) in [5.41, 5.74) is 9.46. The first-order chi connectivity index (χ1) is 11.4. The Morgan fingerprint density at radius 2 is 1.79 bits per heavy atom. The highest BCUT2D eigenvalue weighted by molar-refractivity contribution is 6.14. The molecule has 0 unspecified atom stereocenters. The summed E-state index contributed by atoms with van der Waals surface area (Å²) in [6, 6.07) is 8.34. The van der Waals surface area contributed by atoms with E-state index in [0.717, 1.165) is 22.6 Å². The summed E-state index contributed by atoms with van der Waals surface area (Å²) in [7, 11) is 0. The molecule has 24 heavy (non-hydrogen) atoms. The number of nitrogens with two attached hydrogens (primary N) is 1. The summed E-state index contributed by atoms with van der Waals surface area (Å²) in [5.74, 6) is -0.925. The Kier molecular flexibility index (Phi) is 3.69.